The molecule has 8 atom stereocenters. The lowest BCUT2D eigenvalue weighted by molar-refractivity contribution is -0.319. The fourth-order valence-electron chi connectivity index (χ4n) is 4.68. The minimum atomic E-state index is -1.38. The van der Waals surface area contributed by atoms with Crippen LogP contribution in [0.1, 0.15) is 40.0 Å². The SMILES string of the molecule is CC1(C)[C@H]2CC[C@]1(C)[C@@H](O[C@@H]1O[C@H](CO)[C@@H](O)[C@H](O)[C@H]1O)C2. The number of aliphatic hydroxyl groups excluding tert-OH is 4. The Hall–Kier alpha value is -0.240. The van der Waals surface area contributed by atoms with Crippen LogP contribution in [0, 0.1) is 16.7 Å². The van der Waals surface area contributed by atoms with Crippen molar-refractivity contribution >= 4 is 0 Å². The van der Waals surface area contributed by atoms with E-state index in [2.05, 4.69) is 20.8 Å². The van der Waals surface area contributed by atoms with E-state index in [1.807, 2.05) is 0 Å². The first-order valence-corrected chi connectivity index (χ1v) is 8.18. The molecule has 1 saturated heterocycles. The van der Waals surface area contributed by atoms with Gasteiger partial charge in [0.15, 0.2) is 6.29 Å². The van der Waals surface area contributed by atoms with Gasteiger partial charge < -0.3 is 29.9 Å². The van der Waals surface area contributed by atoms with E-state index in [4.69, 9.17) is 9.47 Å². The Morgan fingerprint density at radius 1 is 1.09 bits per heavy atom. The highest BCUT2D eigenvalue weighted by molar-refractivity contribution is 5.11. The van der Waals surface area contributed by atoms with Crippen LogP contribution in [-0.4, -0.2) is 63.8 Å². The Balaban J connectivity index is 1.74. The molecular weight excluding hydrogens is 288 g/mol. The highest BCUT2D eigenvalue weighted by Gasteiger charge is 2.63. The molecule has 3 fully saturated rings. The molecule has 0 spiro atoms. The quantitative estimate of drug-likeness (QED) is 0.586. The molecule has 2 aliphatic carbocycles. The van der Waals surface area contributed by atoms with E-state index in [1.54, 1.807) is 0 Å². The van der Waals surface area contributed by atoms with E-state index < -0.39 is 37.3 Å². The van der Waals surface area contributed by atoms with Gasteiger partial charge in [0.1, 0.15) is 24.4 Å². The van der Waals surface area contributed by atoms with Crippen molar-refractivity contribution in [1.29, 1.82) is 0 Å². The summed E-state index contributed by atoms with van der Waals surface area (Å²) in [7, 11) is 0. The van der Waals surface area contributed by atoms with Gasteiger partial charge in [-0.2, -0.15) is 0 Å². The molecule has 2 bridgehead atoms. The lowest BCUT2D eigenvalue weighted by Crippen LogP contribution is -2.60. The van der Waals surface area contributed by atoms with Gasteiger partial charge in [-0.05, 0) is 36.0 Å². The fourth-order valence-corrected chi connectivity index (χ4v) is 4.68. The number of rotatable bonds is 3. The van der Waals surface area contributed by atoms with Gasteiger partial charge in [-0.1, -0.05) is 20.8 Å². The number of fused-ring (bicyclic) bond motifs is 2. The smallest absolute Gasteiger partial charge is 0.186 e. The van der Waals surface area contributed by atoms with Crippen LogP contribution in [0.15, 0.2) is 0 Å². The minimum absolute atomic E-state index is 0.0104. The zero-order chi connectivity index (χ0) is 16.3. The molecule has 128 valence electrons. The van der Waals surface area contributed by atoms with Crippen molar-refractivity contribution in [2.45, 2.75) is 76.8 Å². The second-order valence-corrected chi connectivity index (χ2v) is 7.93. The molecule has 1 aliphatic heterocycles. The van der Waals surface area contributed by atoms with E-state index in [0.29, 0.717) is 5.92 Å². The third kappa shape index (κ3) is 2.16. The van der Waals surface area contributed by atoms with Gasteiger partial charge in [0, 0.05) is 0 Å². The summed E-state index contributed by atoms with van der Waals surface area (Å²) >= 11 is 0. The molecule has 1 heterocycles. The molecule has 0 amide bonds. The van der Waals surface area contributed by atoms with Crippen molar-refractivity contribution in [2.75, 3.05) is 6.61 Å². The lowest BCUT2D eigenvalue weighted by atomic mass is 9.70. The summed E-state index contributed by atoms with van der Waals surface area (Å²) in [6.45, 7) is 6.32. The number of hydrogen-bond acceptors (Lipinski definition) is 6. The van der Waals surface area contributed by atoms with Crippen LogP contribution in [0.2, 0.25) is 0 Å². The van der Waals surface area contributed by atoms with Crippen molar-refractivity contribution in [3.8, 4) is 0 Å². The first-order chi connectivity index (χ1) is 10.2. The monoisotopic (exact) mass is 316 g/mol. The lowest BCUT2D eigenvalue weighted by Gasteiger charge is -2.44. The van der Waals surface area contributed by atoms with E-state index in [-0.39, 0.29) is 16.9 Å². The molecule has 3 aliphatic rings. The number of aliphatic hydroxyl groups is 4. The molecule has 0 aromatic heterocycles. The topological polar surface area (TPSA) is 99.4 Å². The third-order valence-electron chi connectivity index (χ3n) is 6.86. The Morgan fingerprint density at radius 3 is 2.27 bits per heavy atom. The van der Waals surface area contributed by atoms with Gasteiger partial charge >= 0.3 is 0 Å². The Bertz CT molecular complexity index is 425. The van der Waals surface area contributed by atoms with Gasteiger partial charge in [0.25, 0.3) is 0 Å². The standard InChI is InChI=1S/C16H28O6/c1-15(2)8-4-5-16(15,3)10(6-8)22-14-13(20)12(19)11(18)9(7-17)21-14/h8-14,17-20H,4-7H2,1-3H3/t8-,9+,10-,11+,12-,13+,14-,16+/m0/s1. The van der Waals surface area contributed by atoms with Crippen LogP contribution in [0.25, 0.3) is 0 Å². The third-order valence-corrected chi connectivity index (χ3v) is 6.86. The normalized spacial score (nSPS) is 53.9. The molecule has 0 unspecified atom stereocenters. The first kappa shape index (κ1) is 16.6. The van der Waals surface area contributed by atoms with Crippen LogP contribution in [0.3, 0.4) is 0 Å². The maximum atomic E-state index is 10.1. The Kier molecular flexibility index (Phi) is 4.07. The summed E-state index contributed by atoms with van der Waals surface area (Å²) in [5.74, 6) is 0.590. The highest BCUT2D eigenvalue weighted by Crippen LogP contribution is 2.66. The predicted octanol–water partition coefficient (Wildman–Crippen LogP) is 0.0177. The second-order valence-electron chi connectivity index (χ2n) is 7.93. The van der Waals surface area contributed by atoms with Gasteiger partial charge in [-0.15, -0.1) is 0 Å². The molecule has 2 saturated carbocycles. The maximum Gasteiger partial charge on any atom is 0.186 e. The molecule has 6 nitrogen and oxygen atoms in total. The van der Waals surface area contributed by atoms with Crippen molar-refractivity contribution < 1.29 is 29.9 Å². The van der Waals surface area contributed by atoms with Gasteiger partial charge in [-0.25, -0.2) is 0 Å². The van der Waals surface area contributed by atoms with Crippen LogP contribution < -0.4 is 0 Å². The minimum Gasteiger partial charge on any atom is -0.394 e. The van der Waals surface area contributed by atoms with Crippen molar-refractivity contribution in [3.63, 3.8) is 0 Å². The van der Waals surface area contributed by atoms with E-state index in [1.165, 1.54) is 6.42 Å². The summed E-state index contributed by atoms with van der Waals surface area (Å²) in [6.07, 6.45) is -2.84. The molecule has 6 heteroatoms. The molecule has 0 aromatic rings. The Morgan fingerprint density at radius 2 is 1.77 bits per heavy atom. The van der Waals surface area contributed by atoms with Gasteiger partial charge in [-0.3, -0.25) is 0 Å². The van der Waals surface area contributed by atoms with Crippen molar-refractivity contribution in [1.82, 2.24) is 0 Å². The van der Waals surface area contributed by atoms with Crippen molar-refractivity contribution in [2.24, 2.45) is 16.7 Å². The zero-order valence-corrected chi connectivity index (χ0v) is 13.5. The summed E-state index contributed by atoms with van der Waals surface area (Å²) < 4.78 is 11.5. The van der Waals surface area contributed by atoms with Crippen LogP contribution in [0.5, 0.6) is 0 Å². The first-order valence-electron chi connectivity index (χ1n) is 8.18. The largest absolute Gasteiger partial charge is 0.394 e. The van der Waals surface area contributed by atoms with E-state index in [0.717, 1.165) is 12.8 Å². The maximum absolute atomic E-state index is 10.1. The average Bonchev–Trinajstić information content (AvgIpc) is 2.81. The fraction of sp³-hybridized carbons (Fsp3) is 1.00. The van der Waals surface area contributed by atoms with Crippen molar-refractivity contribution in [3.05, 3.63) is 0 Å². The number of hydrogen-bond donors (Lipinski definition) is 4. The summed E-state index contributed by atoms with van der Waals surface area (Å²) in [6, 6.07) is 0. The van der Waals surface area contributed by atoms with Crippen LogP contribution in [-0.2, 0) is 9.47 Å². The van der Waals surface area contributed by atoms with Gasteiger partial charge in [0.05, 0.1) is 12.7 Å². The molecule has 22 heavy (non-hydrogen) atoms. The van der Waals surface area contributed by atoms with E-state index >= 15 is 0 Å². The van der Waals surface area contributed by atoms with Crippen LogP contribution in [0.4, 0.5) is 0 Å². The Labute approximate surface area is 131 Å². The summed E-state index contributed by atoms with van der Waals surface area (Å²) in [5.41, 5.74) is 0.183. The van der Waals surface area contributed by atoms with Gasteiger partial charge in [0.2, 0.25) is 0 Å². The molecular formula is C16H28O6. The molecule has 0 radical (unpaired) electrons. The van der Waals surface area contributed by atoms with E-state index in [9.17, 15) is 20.4 Å². The molecule has 3 rings (SSSR count). The number of ether oxygens (including phenoxy) is 2. The molecule has 4 N–H and O–H groups in total. The summed E-state index contributed by atoms with van der Waals surface area (Å²) in [5, 5.41) is 39.1. The van der Waals surface area contributed by atoms with Crippen LogP contribution >= 0.6 is 0 Å². The highest BCUT2D eigenvalue weighted by atomic mass is 16.7. The molecule has 0 aromatic carbocycles. The zero-order valence-electron chi connectivity index (χ0n) is 13.5. The average molecular weight is 316 g/mol. The summed E-state index contributed by atoms with van der Waals surface area (Å²) in [4.78, 5) is 0. The second kappa shape index (κ2) is 5.40. The predicted molar refractivity (Wildman–Crippen MR) is 77.9 cm³/mol.